The average Bonchev–Trinajstić information content (AvgIpc) is 2.42. The summed E-state index contributed by atoms with van der Waals surface area (Å²) in [5.74, 6) is 0.607. The fourth-order valence-corrected chi connectivity index (χ4v) is 1.67. The highest BCUT2D eigenvalue weighted by atomic mass is 16.5. The highest BCUT2D eigenvalue weighted by molar-refractivity contribution is 5.08. The molecule has 5 nitrogen and oxygen atoms in total. The molecule has 0 fully saturated rings. The van der Waals surface area contributed by atoms with E-state index in [1.807, 2.05) is 0 Å². The number of hydrogen-bond acceptors (Lipinski definition) is 5. The van der Waals surface area contributed by atoms with Gasteiger partial charge in [0.2, 0.25) is 5.88 Å². The number of rotatable bonds is 9. The lowest BCUT2D eigenvalue weighted by molar-refractivity contribution is 0.217. The molecule has 19 heavy (non-hydrogen) atoms. The van der Waals surface area contributed by atoms with Gasteiger partial charge in [0.25, 0.3) is 0 Å². The lowest BCUT2D eigenvalue weighted by Gasteiger charge is -2.17. The summed E-state index contributed by atoms with van der Waals surface area (Å²) in [5, 5.41) is 3.32. The molecule has 0 unspecified atom stereocenters. The molecule has 0 aliphatic heterocycles. The zero-order valence-electron chi connectivity index (χ0n) is 12.5. The molecule has 0 aromatic carbocycles. The topological polar surface area (TPSA) is 50.3 Å². The van der Waals surface area contributed by atoms with Gasteiger partial charge in [-0.15, -0.1) is 0 Å². The fourth-order valence-electron chi connectivity index (χ4n) is 1.67. The Hall–Kier alpha value is -1.20. The number of likely N-dealkylation sites (N-methyl/N-ethyl adjacent to an activating group) is 1. The monoisotopic (exact) mass is 266 g/mol. The van der Waals surface area contributed by atoms with Crippen LogP contribution in [0.2, 0.25) is 0 Å². The molecule has 1 rings (SSSR count). The van der Waals surface area contributed by atoms with Crippen molar-refractivity contribution in [1.29, 1.82) is 0 Å². The van der Waals surface area contributed by atoms with Crippen molar-refractivity contribution in [3.63, 3.8) is 0 Å². The predicted molar refractivity (Wildman–Crippen MR) is 77.3 cm³/mol. The first-order valence-corrected chi connectivity index (χ1v) is 7.05. The molecule has 0 saturated heterocycles. The molecular weight excluding hydrogens is 240 g/mol. The van der Waals surface area contributed by atoms with Crippen molar-refractivity contribution >= 4 is 0 Å². The number of aromatic nitrogens is 2. The Balaban J connectivity index is 2.39. The molecule has 0 amide bonds. The smallest absolute Gasteiger partial charge is 0.232 e. The van der Waals surface area contributed by atoms with Crippen molar-refractivity contribution in [2.45, 2.75) is 40.3 Å². The van der Waals surface area contributed by atoms with Crippen LogP contribution in [0, 0.1) is 0 Å². The fraction of sp³-hybridized carbons (Fsp3) is 0.714. The highest BCUT2D eigenvalue weighted by Gasteiger charge is 2.03. The Labute approximate surface area is 116 Å². The van der Waals surface area contributed by atoms with Gasteiger partial charge in [0.15, 0.2) is 0 Å². The van der Waals surface area contributed by atoms with Crippen molar-refractivity contribution in [3.05, 3.63) is 18.1 Å². The molecule has 1 aromatic heterocycles. The lowest BCUT2D eigenvalue weighted by Crippen LogP contribution is -2.28. The summed E-state index contributed by atoms with van der Waals surface area (Å²) in [6.45, 7) is 12.9. The minimum absolute atomic E-state index is 0.439. The van der Waals surface area contributed by atoms with Crippen LogP contribution in [0.4, 0.5) is 0 Å². The first-order valence-electron chi connectivity index (χ1n) is 7.05. The Morgan fingerprint density at radius 1 is 1.26 bits per heavy atom. The number of ether oxygens (including phenoxy) is 1. The van der Waals surface area contributed by atoms with E-state index >= 15 is 0 Å². The molecule has 1 heterocycles. The Morgan fingerprint density at radius 3 is 2.63 bits per heavy atom. The van der Waals surface area contributed by atoms with Crippen LogP contribution in [0.3, 0.4) is 0 Å². The maximum Gasteiger partial charge on any atom is 0.232 e. The van der Waals surface area contributed by atoms with Gasteiger partial charge in [0.1, 0.15) is 6.61 Å². The molecule has 0 bridgehead atoms. The van der Waals surface area contributed by atoms with Gasteiger partial charge < -0.3 is 15.0 Å². The summed E-state index contributed by atoms with van der Waals surface area (Å²) in [4.78, 5) is 10.9. The summed E-state index contributed by atoms with van der Waals surface area (Å²) in [5.41, 5.74) is 0.911. The zero-order chi connectivity index (χ0) is 14.1. The van der Waals surface area contributed by atoms with Crippen LogP contribution in [0.5, 0.6) is 5.88 Å². The van der Waals surface area contributed by atoms with E-state index in [9.17, 15) is 0 Å². The molecule has 1 N–H and O–H groups in total. The van der Waals surface area contributed by atoms with E-state index in [0.717, 1.165) is 31.9 Å². The van der Waals surface area contributed by atoms with E-state index in [-0.39, 0.29) is 0 Å². The minimum Gasteiger partial charge on any atom is -0.475 e. The normalized spacial score (nSPS) is 11.3. The molecule has 108 valence electrons. The maximum atomic E-state index is 5.64. The Bertz CT molecular complexity index is 353. The SMILES string of the molecule is CCN(CC)CCOc1cncc(CNC(C)C)n1. The number of nitrogens with zero attached hydrogens (tertiary/aromatic N) is 3. The van der Waals surface area contributed by atoms with Crippen molar-refractivity contribution in [1.82, 2.24) is 20.2 Å². The molecular formula is C14H26N4O. The third-order valence-corrected chi connectivity index (χ3v) is 2.91. The summed E-state index contributed by atoms with van der Waals surface area (Å²) >= 11 is 0. The Kier molecular flexibility index (Phi) is 7.36. The third-order valence-electron chi connectivity index (χ3n) is 2.91. The lowest BCUT2D eigenvalue weighted by atomic mass is 10.3. The van der Waals surface area contributed by atoms with Gasteiger partial charge in [0.05, 0.1) is 11.9 Å². The van der Waals surface area contributed by atoms with E-state index in [2.05, 4.69) is 47.9 Å². The van der Waals surface area contributed by atoms with Crippen LogP contribution in [-0.4, -0.2) is 47.2 Å². The molecule has 0 aliphatic carbocycles. The second-order valence-corrected chi connectivity index (χ2v) is 4.76. The van der Waals surface area contributed by atoms with Gasteiger partial charge >= 0.3 is 0 Å². The largest absolute Gasteiger partial charge is 0.475 e. The van der Waals surface area contributed by atoms with Crippen molar-refractivity contribution in [3.8, 4) is 5.88 Å². The van der Waals surface area contributed by atoms with Gasteiger partial charge in [-0.2, -0.15) is 0 Å². The molecule has 5 heteroatoms. The van der Waals surface area contributed by atoms with Crippen molar-refractivity contribution in [2.75, 3.05) is 26.2 Å². The van der Waals surface area contributed by atoms with Gasteiger partial charge in [-0.25, -0.2) is 4.98 Å². The van der Waals surface area contributed by atoms with Crippen LogP contribution in [-0.2, 0) is 6.54 Å². The second-order valence-electron chi connectivity index (χ2n) is 4.76. The quantitative estimate of drug-likeness (QED) is 0.737. The van der Waals surface area contributed by atoms with Crippen molar-refractivity contribution in [2.24, 2.45) is 0 Å². The first-order chi connectivity index (χ1) is 9.15. The second kappa shape index (κ2) is 8.82. The average molecular weight is 266 g/mol. The van der Waals surface area contributed by atoms with Crippen LogP contribution < -0.4 is 10.1 Å². The standard InChI is InChI=1S/C14H26N4O/c1-5-18(6-2)7-8-19-14-11-15-9-13(17-14)10-16-12(3)4/h9,11-12,16H,5-8,10H2,1-4H3. The van der Waals surface area contributed by atoms with Crippen LogP contribution in [0.15, 0.2) is 12.4 Å². The summed E-state index contributed by atoms with van der Waals surface area (Å²) in [7, 11) is 0. The highest BCUT2D eigenvalue weighted by Crippen LogP contribution is 2.05. The predicted octanol–water partition coefficient (Wildman–Crippen LogP) is 1.70. The van der Waals surface area contributed by atoms with E-state index in [1.54, 1.807) is 12.4 Å². The molecule has 0 saturated carbocycles. The maximum absolute atomic E-state index is 5.64. The first kappa shape index (κ1) is 15.9. The van der Waals surface area contributed by atoms with Crippen LogP contribution in [0.25, 0.3) is 0 Å². The summed E-state index contributed by atoms with van der Waals surface area (Å²) in [6, 6.07) is 0.439. The van der Waals surface area contributed by atoms with E-state index < -0.39 is 0 Å². The minimum atomic E-state index is 0.439. The van der Waals surface area contributed by atoms with E-state index in [1.165, 1.54) is 0 Å². The van der Waals surface area contributed by atoms with Crippen LogP contribution >= 0.6 is 0 Å². The van der Waals surface area contributed by atoms with Gasteiger partial charge in [-0.1, -0.05) is 27.7 Å². The third kappa shape index (κ3) is 6.50. The summed E-state index contributed by atoms with van der Waals surface area (Å²) < 4.78 is 5.64. The molecule has 0 radical (unpaired) electrons. The summed E-state index contributed by atoms with van der Waals surface area (Å²) in [6.07, 6.45) is 3.44. The van der Waals surface area contributed by atoms with Gasteiger partial charge in [0, 0.05) is 25.3 Å². The molecule has 0 atom stereocenters. The van der Waals surface area contributed by atoms with Crippen LogP contribution in [0.1, 0.15) is 33.4 Å². The number of nitrogens with one attached hydrogen (secondary N) is 1. The Morgan fingerprint density at radius 2 is 2.00 bits per heavy atom. The van der Waals surface area contributed by atoms with Crippen molar-refractivity contribution < 1.29 is 4.74 Å². The van der Waals surface area contributed by atoms with Gasteiger partial charge in [-0.3, -0.25) is 4.98 Å². The zero-order valence-corrected chi connectivity index (χ0v) is 12.5. The number of hydrogen-bond donors (Lipinski definition) is 1. The van der Waals surface area contributed by atoms with E-state index in [0.29, 0.717) is 18.5 Å². The molecule has 0 spiro atoms. The molecule has 1 aromatic rings. The molecule has 0 aliphatic rings. The van der Waals surface area contributed by atoms with E-state index in [4.69, 9.17) is 4.74 Å². The van der Waals surface area contributed by atoms with Gasteiger partial charge in [-0.05, 0) is 13.1 Å².